The Morgan fingerprint density at radius 1 is 1.39 bits per heavy atom. The van der Waals surface area contributed by atoms with E-state index < -0.39 is 17.7 Å². The number of rotatable bonds is 3. The van der Waals surface area contributed by atoms with Crippen LogP contribution in [0.4, 0.5) is 8.78 Å². The first-order chi connectivity index (χ1) is 8.54. The van der Waals surface area contributed by atoms with Crippen molar-refractivity contribution in [2.45, 2.75) is 19.5 Å². The normalized spacial score (nSPS) is 12.7. The van der Waals surface area contributed by atoms with Gasteiger partial charge in [-0.05, 0) is 19.1 Å². The molecule has 2 aromatic rings. The maximum atomic E-state index is 13.8. The molecule has 6 heteroatoms. The van der Waals surface area contributed by atoms with Crippen molar-refractivity contribution in [3.63, 3.8) is 0 Å². The minimum Gasteiger partial charge on any atom is -0.334 e. The van der Waals surface area contributed by atoms with Gasteiger partial charge in [0.2, 0.25) is 0 Å². The lowest BCUT2D eigenvalue weighted by molar-refractivity contribution is 0.528. The minimum absolute atomic E-state index is 0.167. The number of imidazole rings is 1. The zero-order valence-electron chi connectivity index (χ0n) is 9.70. The molecule has 0 aliphatic rings. The lowest BCUT2D eigenvalue weighted by Crippen LogP contribution is -2.20. The standard InChI is InChI=1S/C12H12BrF2N3/c1-2-18-4-3-17-12(18)11(16)10-8(14)5-7(13)6-9(10)15/h3-6,11H,2,16H2,1H3. The van der Waals surface area contributed by atoms with Crippen LogP contribution < -0.4 is 5.73 Å². The minimum atomic E-state index is -0.923. The predicted molar refractivity (Wildman–Crippen MR) is 68.0 cm³/mol. The number of hydrogen-bond acceptors (Lipinski definition) is 2. The van der Waals surface area contributed by atoms with Gasteiger partial charge in [-0.2, -0.15) is 0 Å². The van der Waals surface area contributed by atoms with Crippen molar-refractivity contribution in [1.29, 1.82) is 0 Å². The second-order valence-electron chi connectivity index (χ2n) is 3.83. The molecule has 3 nitrogen and oxygen atoms in total. The first-order valence-corrected chi connectivity index (χ1v) is 6.25. The van der Waals surface area contributed by atoms with Crippen molar-refractivity contribution in [2.24, 2.45) is 5.73 Å². The molecule has 2 N–H and O–H groups in total. The molecule has 1 heterocycles. The molecule has 0 amide bonds. The number of nitrogens with zero attached hydrogens (tertiary/aromatic N) is 2. The van der Waals surface area contributed by atoms with Gasteiger partial charge in [0.1, 0.15) is 17.5 Å². The number of halogens is 3. The van der Waals surface area contributed by atoms with Gasteiger partial charge in [-0.1, -0.05) is 15.9 Å². The highest BCUT2D eigenvalue weighted by Crippen LogP contribution is 2.27. The van der Waals surface area contributed by atoms with Crippen LogP contribution in [0.2, 0.25) is 0 Å². The lowest BCUT2D eigenvalue weighted by atomic mass is 10.1. The summed E-state index contributed by atoms with van der Waals surface area (Å²) in [6.07, 6.45) is 3.29. The first kappa shape index (κ1) is 13.2. The summed E-state index contributed by atoms with van der Waals surface area (Å²) in [6, 6.07) is 1.46. The maximum absolute atomic E-state index is 13.8. The summed E-state index contributed by atoms with van der Waals surface area (Å²) in [5.41, 5.74) is 5.74. The van der Waals surface area contributed by atoms with Crippen LogP contribution in [0.5, 0.6) is 0 Å². The molecule has 0 radical (unpaired) electrons. The van der Waals surface area contributed by atoms with Crippen LogP contribution in [0.3, 0.4) is 0 Å². The summed E-state index contributed by atoms with van der Waals surface area (Å²) in [6.45, 7) is 2.55. The third-order valence-electron chi connectivity index (χ3n) is 2.72. The summed E-state index contributed by atoms with van der Waals surface area (Å²) >= 11 is 3.03. The van der Waals surface area contributed by atoms with E-state index in [-0.39, 0.29) is 5.56 Å². The molecule has 1 aromatic carbocycles. The zero-order chi connectivity index (χ0) is 13.3. The van der Waals surface area contributed by atoms with E-state index in [1.807, 2.05) is 6.92 Å². The van der Waals surface area contributed by atoms with Crippen molar-refractivity contribution in [2.75, 3.05) is 0 Å². The van der Waals surface area contributed by atoms with Crippen LogP contribution in [0.1, 0.15) is 24.4 Å². The Balaban J connectivity index is 2.49. The van der Waals surface area contributed by atoms with Crippen molar-refractivity contribution in [3.8, 4) is 0 Å². The molecule has 1 atom stereocenters. The highest BCUT2D eigenvalue weighted by atomic mass is 79.9. The fourth-order valence-corrected chi connectivity index (χ4v) is 2.25. The maximum Gasteiger partial charge on any atom is 0.132 e. The van der Waals surface area contributed by atoms with Crippen molar-refractivity contribution >= 4 is 15.9 Å². The Hall–Kier alpha value is -1.27. The van der Waals surface area contributed by atoms with E-state index >= 15 is 0 Å². The smallest absolute Gasteiger partial charge is 0.132 e. The van der Waals surface area contributed by atoms with Gasteiger partial charge in [-0.3, -0.25) is 0 Å². The van der Waals surface area contributed by atoms with E-state index in [4.69, 9.17) is 5.73 Å². The van der Waals surface area contributed by atoms with Crippen LogP contribution >= 0.6 is 15.9 Å². The highest BCUT2D eigenvalue weighted by molar-refractivity contribution is 9.10. The SMILES string of the molecule is CCn1ccnc1C(N)c1c(F)cc(Br)cc1F. The molecular weight excluding hydrogens is 304 g/mol. The van der Waals surface area contributed by atoms with Gasteiger partial charge in [-0.25, -0.2) is 13.8 Å². The summed E-state index contributed by atoms with van der Waals surface area (Å²) in [7, 11) is 0. The lowest BCUT2D eigenvalue weighted by Gasteiger charge is -2.15. The number of benzene rings is 1. The van der Waals surface area contributed by atoms with Crippen LogP contribution in [0.25, 0.3) is 0 Å². The van der Waals surface area contributed by atoms with Gasteiger partial charge in [-0.15, -0.1) is 0 Å². The summed E-state index contributed by atoms with van der Waals surface area (Å²) in [5.74, 6) is -0.919. The quantitative estimate of drug-likeness (QED) is 0.946. The second kappa shape index (κ2) is 5.16. The topological polar surface area (TPSA) is 43.8 Å². The van der Waals surface area contributed by atoms with E-state index in [0.717, 1.165) is 0 Å². The summed E-state index contributed by atoms with van der Waals surface area (Å²) in [5, 5.41) is 0. The van der Waals surface area contributed by atoms with E-state index in [1.165, 1.54) is 12.1 Å². The van der Waals surface area contributed by atoms with Gasteiger partial charge >= 0.3 is 0 Å². The van der Waals surface area contributed by atoms with Crippen LogP contribution in [-0.4, -0.2) is 9.55 Å². The van der Waals surface area contributed by atoms with Crippen molar-refractivity contribution < 1.29 is 8.78 Å². The number of aryl methyl sites for hydroxylation is 1. The molecule has 0 saturated heterocycles. The van der Waals surface area contributed by atoms with Gasteiger partial charge < -0.3 is 10.3 Å². The summed E-state index contributed by atoms with van der Waals surface area (Å²) in [4.78, 5) is 4.06. The Kier molecular flexibility index (Phi) is 3.77. The molecule has 0 fully saturated rings. The molecule has 0 aliphatic carbocycles. The molecule has 1 unspecified atom stereocenters. The second-order valence-corrected chi connectivity index (χ2v) is 4.75. The largest absolute Gasteiger partial charge is 0.334 e. The van der Waals surface area contributed by atoms with Crippen LogP contribution in [-0.2, 0) is 6.54 Å². The van der Waals surface area contributed by atoms with Crippen molar-refractivity contribution in [3.05, 3.63) is 52.0 Å². The number of hydrogen-bond donors (Lipinski definition) is 1. The van der Waals surface area contributed by atoms with Gasteiger partial charge in [0, 0.05) is 29.0 Å². The predicted octanol–water partition coefficient (Wildman–Crippen LogP) is 2.99. The molecule has 18 heavy (non-hydrogen) atoms. The molecule has 0 aliphatic heterocycles. The van der Waals surface area contributed by atoms with E-state index in [1.54, 1.807) is 17.0 Å². The third-order valence-corrected chi connectivity index (χ3v) is 3.18. The fraction of sp³-hybridized carbons (Fsp3) is 0.250. The van der Waals surface area contributed by atoms with E-state index in [0.29, 0.717) is 16.8 Å². The van der Waals surface area contributed by atoms with Gasteiger partial charge in [0.15, 0.2) is 0 Å². The first-order valence-electron chi connectivity index (χ1n) is 5.45. The molecule has 1 aromatic heterocycles. The molecule has 0 saturated carbocycles. The van der Waals surface area contributed by atoms with Gasteiger partial charge in [0.05, 0.1) is 6.04 Å². The molecule has 2 rings (SSSR count). The Bertz CT molecular complexity index is 545. The fourth-order valence-electron chi connectivity index (χ4n) is 1.85. The molecule has 0 bridgehead atoms. The molecular formula is C12H12BrF2N3. The highest BCUT2D eigenvalue weighted by Gasteiger charge is 2.22. The van der Waals surface area contributed by atoms with E-state index in [9.17, 15) is 8.78 Å². The third kappa shape index (κ3) is 2.30. The monoisotopic (exact) mass is 315 g/mol. The Labute approximate surface area is 112 Å². The van der Waals surface area contributed by atoms with Crippen LogP contribution in [0.15, 0.2) is 29.0 Å². The zero-order valence-corrected chi connectivity index (χ0v) is 11.3. The Morgan fingerprint density at radius 3 is 2.56 bits per heavy atom. The average molecular weight is 316 g/mol. The summed E-state index contributed by atoms with van der Waals surface area (Å²) < 4.78 is 29.7. The number of nitrogens with two attached hydrogens (primary N) is 1. The average Bonchev–Trinajstić information content (AvgIpc) is 2.75. The Morgan fingerprint density at radius 2 is 2.00 bits per heavy atom. The van der Waals surface area contributed by atoms with Crippen LogP contribution in [0, 0.1) is 11.6 Å². The van der Waals surface area contributed by atoms with Crippen molar-refractivity contribution in [1.82, 2.24) is 9.55 Å². The van der Waals surface area contributed by atoms with Gasteiger partial charge in [0.25, 0.3) is 0 Å². The number of aromatic nitrogens is 2. The molecule has 96 valence electrons. The van der Waals surface area contributed by atoms with E-state index in [2.05, 4.69) is 20.9 Å². The molecule has 0 spiro atoms.